The first-order valence-electron chi connectivity index (χ1n) is 11.0. The smallest absolute Gasteiger partial charge is 0.227 e. The van der Waals surface area contributed by atoms with Gasteiger partial charge in [-0.25, -0.2) is 4.39 Å². The molecule has 2 aliphatic heterocycles. The predicted octanol–water partition coefficient (Wildman–Crippen LogP) is 2.31. The molecule has 2 fully saturated rings. The van der Waals surface area contributed by atoms with Crippen LogP contribution in [0.5, 0.6) is 5.75 Å². The van der Waals surface area contributed by atoms with Gasteiger partial charge >= 0.3 is 0 Å². The predicted molar refractivity (Wildman–Crippen MR) is 115 cm³/mol. The monoisotopic (exact) mass is 441 g/mol. The SMILES string of the molecule is O=C(C[C@H]1CN(C(=O)Cc2cccnc2)CC[C@@H]1Oc1ccc(F)cc1)N1CCOCC1. The molecule has 2 aliphatic rings. The van der Waals surface area contributed by atoms with Gasteiger partial charge in [-0.1, -0.05) is 6.07 Å². The summed E-state index contributed by atoms with van der Waals surface area (Å²) in [6, 6.07) is 9.60. The maximum Gasteiger partial charge on any atom is 0.227 e. The van der Waals surface area contributed by atoms with E-state index in [0.717, 1.165) is 5.56 Å². The summed E-state index contributed by atoms with van der Waals surface area (Å²) >= 11 is 0. The molecule has 1 aromatic carbocycles. The van der Waals surface area contributed by atoms with E-state index in [1.165, 1.54) is 12.1 Å². The third kappa shape index (κ3) is 5.82. The highest BCUT2D eigenvalue weighted by molar-refractivity contribution is 5.79. The summed E-state index contributed by atoms with van der Waals surface area (Å²) in [6.07, 6.45) is 4.33. The van der Waals surface area contributed by atoms with Crippen LogP contribution in [0.2, 0.25) is 0 Å². The number of halogens is 1. The Morgan fingerprint density at radius 1 is 1.06 bits per heavy atom. The molecular formula is C24H28FN3O4. The number of piperidine rings is 1. The Hall–Kier alpha value is -3.00. The molecule has 0 unspecified atom stereocenters. The average Bonchev–Trinajstić information content (AvgIpc) is 2.82. The molecule has 2 atom stereocenters. The van der Waals surface area contributed by atoms with Crippen molar-refractivity contribution in [2.75, 3.05) is 39.4 Å². The Morgan fingerprint density at radius 2 is 1.84 bits per heavy atom. The molecule has 0 spiro atoms. The van der Waals surface area contributed by atoms with Crippen LogP contribution in [0.1, 0.15) is 18.4 Å². The van der Waals surface area contributed by atoms with Gasteiger partial charge in [0.25, 0.3) is 0 Å². The summed E-state index contributed by atoms with van der Waals surface area (Å²) in [4.78, 5) is 33.5. The van der Waals surface area contributed by atoms with E-state index in [0.29, 0.717) is 58.0 Å². The van der Waals surface area contributed by atoms with Gasteiger partial charge in [0.1, 0.15) is 17.7 Å². The second-order valence-corrected chi connectivity index (χ2v) is 8.23. The number of amides is 2. The zero-order valence-electron chi connectivity index (χ0n) is 18.0. The Morgan fingerprint density at radius 3 is 2.56 bits per heavy atom. The van der Waals surface area contributed by atoms with Gasteiger partial charge < -0.3 is 19.3 Å². The molecule has 7 nitrogen and oxygen atoms in total. The number of morpholine rings is 1. The molecule has 0 radical (unpaired) electrons. The number of ether oxygens (including phenoxy) is 2. The van der Waals surface area contributed by atoms with Crippen LogP contribution in [0.15, 0.2) is 48.8 Å². The van der Waals surface area contributed by atoms with Crippen molar-refractivity contribution in [2.45, 2.75) is 25.4 Å². The molecular weight excluding hydrogens is 413 g/mol. The number of pyridine rings is 1. The van der Waals surface area contributed by atoms with Crippen molar-refractivity contribution in [3.63, 3.8) is 0 Å². The van der Waals surface area contributed by atoms with Crippen molar-refractivity contribution in [3.8, 4) is 5.75 Å². The van der Waals surface area contributed by atoms with Crippen LogP contribution in [0.4, 0.5) is 4.39 Å². The van der Waals surface area contributed by atoms with Crippen molar-refractivity contribution in [1.82, 2.24) is 14.8 Å². The second-order valence-electron chi connectivity index (χ2n) is 8.23. The van der Waals surface area contributed by atoms with Gasteiger partial charge in [-0.15, -0.1) is 0 Å². The molecule has 2 saturated heterocycles. The minimum absolute atomic E-state index is 0.0158. The molecule has 8 heteroatoms. The largest absolute Gasteiger partial charge is 0.490 e. The summed E-state index contributed by atoms with van der Waals surface area (Å²) in [7, 11) is 0. The van der Waals surface area contributed by atoms with E-state index >= 15 is 0 Å². The highest BCUT2D eigenvalue weighted by Crippen LogP contribution is 2.27. The van der Waals surface area contributed by atoms with Gasteiger partial charge in [0.05, 0.1) is 19.6 Å². The second kappa shape index (κ2) is 10.5. The quantitative estimate of drug-likeness (QED) is 0.688. The minimum atomic E-state index is -0.327. The van der Waals surface area contributed by atoms with Crippen molar-refractivity contribution >= 4 is 11.8 Å². The molecule has 0 bridgehead atoms. The molecule has 2 amide bonds. The van der Waals surface area contributed by atoms with Gasteiger partial charge in [0, 0.05) is 57.3 Å². The maximum atomic E-state index is 13.3. The Kier molecular flexibility index (Phi) is 7.32. The van der Waals surface area contributed by atoms with Gasteiger partial charge in [-0.2, -0.15) is 0 Å². The third-order valence-electron chi connectivity index (χ3n) is 6.00. The van der Waals surface area contributed by atoms with E-state index < -0.39 is 0 Å². The number of hydrogen-bond acceptors (Lipinski definition) is 5. The van der Waals surface area contributed by atoms with Crippen LogP contribution in [-0.2, 0) is 20.7 Å². The lowest BCUT2D eigenvalue weighted by Gasteiger charge is -2.39. The van der Waals surface area contributed by atoms with Crippen LogP contribution in [0.3, 0.4) is 0 Å². The number of carbonyl (C=O) groups excluding carboxylic acids is 2. The lowest BCUT2D eigenvalue weighted by molar-refractivity contribution is -0.141. The third-order valence-corrected chi connectivity index (χ3v) is 6.00. The molecule has 4 rings (SSSR count). The number of rotatable bonds is 6. The number of nitrogens with zero attached hydrogens (tertiary/aromatic N) is 3. The summed E-state index contributed by atoms with van der Waals surface area (Å²) < 4.78 is 24.8. The van der Waals surface area contributed by atoms with Crippen molar-refractivity contribution in [1.29, 1.82) is 0 Å². The molecule has 0 N–H and O–H groups in total. The fourth-order valence-electron chi connectivity index (χ4n) is 4.23. The molecule has 2 aromatic rings. The fraction of sp³-hybridized carbons (Fsp3) is 0.458. The van der Waals surface area contributed by atoms with Crippen molar-refractivity contribution < 1.29 is 23.5 Å². The van der Waals surface area contributed by atoms with Crippen LogP contribution >= 0.6 is 0 Å². The van der Waals surface area contributed by atoms with Crippen LogP contribution in [0, 0.1) is 11.7 Å². The van der Waals surface area contributed by atoms with E-state index in [-0.39, 0.29) is 36.1 Å². The summed E-state index contributed by atoms with van der Waals surface area (Å²) in [5, 5.41) is 0. The molecule has 170 valence electrons. The normalized spacial score (nSPS) is 21.3. The highest BCUT2D eigenvalue weighted by atomic mass is 19.1. The summed E-state index contributed by atoms with van der Waals surface area (Å²) in [5.74, 6) is 0.152. The number of aromatic nitrogens is 1. The zero-order valence-corrected chi connectivity index (χ0v) is 18.0. The topological polar surface area (TPSA) is 72.0 Å². The lowest BCUT2D eigenvalue weighted by atomic mass is 9.90. The molecule has 0 aliphatic carbocycles. The zero-order chi connectivity index (χ0) is 22.3. The van der Waals surface area contributed by atoms with Crippen LogP contribution < -0.4 is 4.74 Å². The Labute approximate surface area is 187 Å². The molecule has 0 saturated carbocycles. The van der Waals surface area contributed by atoms with Crippen LogP contribution in [0.25, 0.3) is 0 Å². The van der Waals surface area contributed by atoms with E-state index in [1.807, 2.05) is 21.9 Å². The first-order chi connectivity index (χ1) is 15.6. The number of benzene rings is 1. The Bertz CT molecular complexity index is 903. The summed E-state index contributed by atoms with van der Waals surface area (Å²) in [5.41, 5.74) is 0.864. The van der Waals surface area contributed by atoms with Crippen molar-refractivity contribution in [3.05, 3.63) is 60.2 Å². The lowest BCUT2D eigenvalue weighted by Crippen LogP contribution is -2.50. The van der Waals surface area contributed by atoms with E-state index in [4.69, 9.17) is 9.47 Å². The van der Waals surface area contributed by atoms with Gasteiger partial charge in [0.15, 0.2) is 0 Å². The fourth-order valence-corrected chi connectivity index (χ4v) is 4.23. The number of carbonyl (C=O) groups is 2. The number of hydrogen-bond donors (Lipinski definition) is 0. The molecule has 1 aromatic heterocycles. The van der Waals surface area contributed by atoms with E-state index in [2.05, 4.69) is 4.98 Å². The minimum Gasteiger partial charge on any atom is -0.490 e. The van der Waals surface area contributed by atoms with Gasteiger partial charge in [-0.05, 0) is 35.9 Å². The van der Waals surface area contributed by atoms with E-state index in [9.17, 15) is 14.0 Å². The first-order valence-corrected chi connectivity index (χ1v) is 11.0. The maximum absolute atomic E-state index is 13.3. The van der Waals surface area contributed by atoms with Gasteiger partial charge in [-0.3, -0.25) is 14.6 Å². The van der Waals surface area contributed by atoms with Gasteiger partial charge in [0.2, 0.25) is 11.8 Å². The van der Waals surface area contributed by atoms with Crippen molar-refractivity contribution in [2.24, 2.45) is 5.92 Å². The molecule has 32 heavy (non-hydrogen) atoms. The average molecular weight is 442 g/mol. The highest BCUT2D eigenvalue weighted by Gasteiger charge is 2.35. The Balaban J connectivity index is 1.44. The number of likely N-dealkylation sites (tertiary alicyclic amines) is 1. The standard InChI is InChI=1S/C24H28FN3O4/c25-20-3-5-21(6-4-20)32-22-7-9-28(23(29)14-18-2-1-8-26-16-18)17-19(22)15-24(30)27-10-12-31-13-11-27/h1-6,8,16,19,22H,7,9-15,17H2/t19-,22-/m0/s1. The van der Waals surface area contributed by atoms with Crippen LogP contribution in [-0.4, -0.2) is 72.1 Å². The first kappa shape index (κ1) is 22.2. The summed E-state index contributed by atoms with van der Waals surface area (Å²) in [6.45, 7) is 3.24. The van der Waals surface area contributed by atoms with E-state index in [1.54, 1.807) is 24.5 Å². The molecule has 3 heterocycles.